The number of aryl methyl sites for hydroxylation is 1. The lowest BCUT2D eigenvalue weighted by Gasteiger charge is -2.14. The summed E-state index contributed by atoms with van der Waals surface area (Å²) < 4.78 is 46.5. The van der Waals surface area contributed by atoms with Crippen molar-refractivity contribution in [2.75, 3.05) is 19.5 Å². The monoisotopic (exact) mass is 558 g/mol. The zero-order valence-corrected chi connectivity index (χ0v) is 22.5. The fourth-order valence-corrected chi connectivity index (χ4v) is 4.31. The van der Waals surface area contributed by atoms with Gasteiger partial charge < -0.3 is 24.1 Å². The van der Waals surface area contributed by atoms with E-state index in [1.165, 1.54) is 69.1 Å². The van der Waals surface area contributed by atoms with Crippen LogP contribution in [0.3, 0.4) is 0 Å². The molecular formula is C30H24F2N4O5. The van der Waals surface area contributed by atoms with Crippen LogP contribution in [0.1, 0.15) is 16.1 Å². The molecule has 1 amide bonds. The molecule has 0 radical (unpaired) electrons. The number of pyridine rings is 3. The maximum atomic E-state index is 15.1. The first-order chi connectivity index (χ1) is 19.7. The molecule has 0 saturated heterocycles. The zero-order valence-electron chi connectivity index (χ0n) is 22.5. The van der Waals surface area contributed by atoms with Crippen molar-refractivity contribution in [2.45, 2.75) is 6.92 Å². The Bertz CT molecular complexity index is 1860. The molecule has 5 rings (SSSR count). The van der Waals surface area contributed by atoms with Crippen LogP contribution >= 0.6 is 0 Å². The van der Waals surface area contributed by atoms with E-state index in [0.717, 1.165) is 6.07 Å². The number of anilines is 1. The number of carbonyl (C=O) groups excluding carboxylic acids is 1. The Morgan fingerprint density at radius 1 is 0.951 bits per heavy atom. The van der Waals surface area contributed by atoms with Crippen LogP contribution in [0.15, 0.2) is 71.8 Å². The highest BCUT2D eigenvalue weighted by atomic mass is 19.1. The van der Waals surface area contributed by atoms with Crippen LogP contribution in [-0.2, 0) is 7.05 Å². The molecule has 0 aliphatic rings. The van der Waals surface area contributed by atoms with Gasteiger partial charge in [-0.25, -0.2) is 13.8 Å². The van der Waals surface area contributed by atoms with Gasteiger partial charge in [0.05, 0.1) is 19.7 Å². The summed E-state index contributed by atoms with van der Waals surface area (Å²) in [5.41, 5.74) is 1.53. The maximum Gasteiger partial charge on any atom is 0.261 e. The van der Waals surface area contributed by atoms with E-state index in [4.69, 9.17) is 14.2 Å². The topological polar surface area (TPSA) is 105 Å². The van der Waals surface area contributed by atoms with Gasteiger partial charge >= 0.3 is 0 Å². The third-order valence-corrected chi connectivity index (χ3v) is 6.49. The van der Waals surface area contributed by atoms with Crippen LogP contribution in [0.25, 0.3) is 22.2 Å². The third kappa shape index (κ3) is 5.29. The van der Waals surface area contributed by atoms with Gasteiger partial charge in [0, 0.05) is 54.6 Å². The molecule has 3 heterocycles. The average Bonchev–Trinajstić information content (AvgIpc) is 2.96. The van der Waals surface area contributed by atoms with Gasteiger partial charge in [-0.05, 0) is 36.8 Å². The van der Waals surface area contributed by atoms with Gasteiger partial charge in [-0.2, -0.15) is 0 Å². The Labute approximate surface area is 233 Å². The lowest BCUT2D eigenvalue weighted by Crippen LogP contribution is -2.25. The number of nitrogens with zero attached hydrogens (tertiary/aromatic N) is 3. The average molecular weight is 559 g/mol. The van der Waals surface area contributed by atoms with Crippen LogP contribution < -0.4 is 25.0 Å². The molecule has 5 aromatic rings. The molecule has 0 saturated carbocycles. The lowest BCUT2D eigenvalue weighted by atomic mass is 10.0. The summed E-state index contributed by atoms with van der Waals surface area (Å²) in [6.07, 6.45) is 2.89. The molecule has 0 aliphatic carbocycles. The summed E-state index contributed by atoms with van der Waals surface area (Å²) in [6.45, 7) is 1.73. The number of halogens is 2. The smallest absolute Gasteiger partial charge is 0.261 e. The molecule has 3 aromatic heterocycles. The second kappa shape index (κ2) is 11.0. The van der Waals surface area contributed by atoms with E-state index in [2.05, 4.69) is 15.3 Å². The molecule has 0 spiro atoms. The molecule has 0 aliphatic heterocycles. The molecule has 2 aromatic carbocycles. The fourth-order valence-electron chi connectivity index (χ4n) is 4.31. The summed E-state index contributed by atoms with van der Waals surface area (Å²) in [5.74, 6) is -1.25. The largest absolute Gasteiger partial charge is 0.491 e. The minimum Gasteiger partial charge on any atom is -0.491 e. The molecule has 208 valence electrons. The first-order valence-electron chi connectivity index (χ1n) is 12.3. The fraction of sp³-hybridized carbons (Fsp3) is 0.133. The zero-order chi connectivity index (χ0) is 29.3. The number of fused-ring (bicyclic) bond motifs is 1. The SMILES string of the molecule is COc1cc2nccc(Oc3ccc(NC(=O)c4cn(C)c(C)c(-c5ccc(F)cc5)c4=O)cc3F)c2nc1OC. The highest BCUT2D eigenvalue weighted by Gasteiger charge is 2.20. The van der Waals surface area contributed by atoms with Crippen molar-refractivity contribution >= 4 is 22.6 Å². The second-order valence-corrected chi connectivity index (χ2v) is 9.03. The van der Waals surface area contributed by atoms with Crippen molar-refractivity contribution in [3.8, 4) is 34.3 Å². The number of nitrogens with one attached hydrogen (secondary N) is 1. The van der Waals surface area contributed by atoms with Crippen molar-refractivity contribution in [1.29, 1.82) is 0 Å². The van der Waals surface area contributed by atoms with Gasteiger partial charge in [0.25, 0.3) is 11.8 Å². The van der Waals surface area contributed by atoms with Crippen LogP contribution in [0, 0.1) is 18.6 Å². The van der Waals surface area contributed by atoms with Crippen LogP contribution in [0.4, 0.5) is 14.5 Å². The first-order valence-corrected chi connectivity index (χ1v) is 12.3. The van der Waals surface area contributed by atoms with Gasteiger partial charge in [-0.3, -0.25) is 14.6 Å². The van der Waals surface area contributed by atoms with Gasteiger partial charge in [0.15, 0.2) is 23.1 Å². The summed E-state index contributed by atoms with van der Waals surface area (Å²) in [6, 6.07) is 12.4. The number of methoxy groups -OCH3 is 2. The second-order valence-electron chi connectivity index (χ2n) is 9.03. The predicted molar refractivity (Wildman–Crippen MR) is 149 cm³/mol. The van der Waals surface area contributed by atoms with E-state index >= 15 is 4.39 Å². The number of hydrogen-bond acceptors (Lipinski definition) is 7. The number of carbonyl (C=O) groups is 1. The Morgan fingerprint density at radius 2 is 1.71 bits per heavy atom. The minimum atomic E-state index is -0.767. The molecule has 41 heavy (non-hydrogen) atoms. The number of benzene rings is 2. The number of ether oxygens (including phenoxy) is 3. The molecule has 11 heteroatoms. The number of amides is 1. The third-order valence-electron chi connectivity index (χ3n) is 6.49. The van der Waals surface area contributed by atoms with Crippen molar-refractivity contribution in [3.05, 3.63) is 100 Å². The van der Waals surface area contributed by atoms with Crippen LogP contribution in [0.5, 0.6) is 23.1 Å². The summed E-state index contributed by atoms with van der Waals surface area (Å²) in [5, 5.41) is 2.56. The maximum absolute atomic E-state index is 15.1. The molecule has 9 nitrogen and oxygen atoms in total. The Morgan fingerprint density at radius 3 is 2.39 bits per heavy atom. The molecular weight excluding hydrogens is 534 g/mol. The summed E-state index contributed by atoms with van der Waals surface area (Å²) in [7, 11) is 4.60. The van der Waals surface area contributed by atoms with Crippen molar-refractivity contribution in [2.24, 2.45) is 7.05 Å². The van der Waals surface area contributed by atoms with Gasteiger partial charge in [0.2, 0.25) is 5.43 Å². The first kappa shape index (κ1) is 27.3. The number of aromatic nitrogens is 3. The number of rotatable bonds is 7. The van der Waals surface area contributed by atoms with E-state index in [9.17, 15) is 14.0 Å². The Hall–Kier alpha value is -5.32. The standard InChI is InChI=1S/C30H24F2N4O5/c1-16-26(17-5-7-18(31)8-6-17)28(37)20(15-36(16)2)29(38)34-19-9-10-23(21(32)13-19)41-24-11-12-33-22-14-25(39-3)30(40-4)35-27(22)24/h5-15H,1-4H3,(H,34,38). The molecule has 1 N–H and O–H groups in total. The predicted octanol–water partition coefficient (Wildman–Crippen LogP) is 5.64. The molecule has 0 bridgehead atoms. The lowest BCUT2D eigenvalue weighted by molar-refractivity contribution is 0.102. The molecule has 0 atom stereocenters. The van der Waals surface area contributed by atoms with E-state index < -0.39 is 23.0 Å². The van der Waals surface area contributed by atoms with Crippen LogP contribution in [-0.4, -0.2) is 34.7 Å². The number of hydrogen-bond donors (Lipinski definition) is 1. The Kier molecular flexibility index (Phi) is 7.34. The Balaban J connectivity index is 1.42. The summed E-state index contributed by atoms with van der Waals surface area (Å²) >= 11 is 0. The molecule has 0 fully saturated rings. The van der Waals surface area contributed by atoms with Gasteiger partial charge in [-0.1, -0.05) is 12.1 Å². The van der Waals surface area contributed by atoms with E-state index in [1.807, 2.05) is 0 Å². The minimum absolute atomic E-state index is 0.106. The van der Waals surface area contributed by atoms with Gasteiger partial charge in [0.1, 0.15) is 16.9 Å². The highest BCUT2D eigenvalue weighted by Crippen LogP contribution is 2.35. The van der Waals surface area contributed by atoms with Crippen molar-refractivity contribution < 1.29 is 27.8 Å². The quantitative estimate of drug-likeness (QED) is 0.276. The van der Waals surface area contributed by atoms with Gasteiger partial charge in [-0.15, -0.1) is 0 Å². The van der Waals surface area contributed by atoms with E-state index in [0.29, 0.717) is 28.0 Å². The van der Waals surface area contributed by atoms with E-state index in [1.54, 1.807) is 24.6 Å². The van der Waals surface area contributed by atoms with Crippen LogP contribution in [0.2, 0.25) is 0 Å². The van der Waals surface area contributed by atoms with Crippen molar-refractivity contribution in [1.82, 2.24) is 14.5 Å². The van der Waals surface area contributed by atoms with E-state index in [-0.39, 0.29) is 34.2 Å². The normalized spacial score (nSPS) is 10.9. The highest BCUT2D eigenvalue weighted by molar-refractivity contribution is 6.04. The summed E-state index contributed by atoms with van der Waals surface area (Å²) in [4.78, 5) is 35.0. The van der Waals surface area contributed by atoms with Crippen molar-refractivity contribution in [3.63, 3.8) is 0 Å². The molecule has 0 unspecified atom stereocenters.